The number of aryl methyl sites for hydroxylation is 2. The predicted octanol–water partition coefficient (Wildman–Crippen LogP) is 1.32. The SMILES string of the molecule is Cc1nn(C)cc1[C@H](O)C(F)(F)F. The number of hydrogen-bond donors (Lipinski definition) is 1. The van der Waals surface area contributed by atoms with Crippen LogP contribution in [0.5, 0.6) is 0 Å². The van der Waals surface area contributed by atoms with Crippen molar-refractivity contribution in [1.82, 2.24) is 9.78 Å². The van der Waals surface area contributed by atoms with E-state index in [2.05, 4.69) is 5.10 Å². The third-order valence-electron chi connectivity index (χ3n) is 1.66. The number of aliphatic hydroxyl groups is 1. The molecule has 0 unspecified atom stereocenters. The molecule has 3 nitrogen and oxygen atoms in total. The number of alkyl halides is 3. The lowest BCUT2D eigenvalue weighted by molar-refractivity contribution is -0.207. The van der Waals surface area contributed by atoms with Gasteiger partial charge in [0.05, 0.1) is 5.69 Å². The fraction of sp³-hybridized carbons (Fsp3) is 0.571. The zero-order valence-electron chi connectivity index (χ0n) is 7.13. The van der Waals surface area contributed by atoms with E-state index in [1.807, 2.05) is 0 Å². The van der Waals surface area contributed by atoms with Crippen LogP contribution in [-0.4, -0.2) is 21.1 Å². The Morgan fingerprint density at radius 2 is 2.08 bits per heavy atom. The molecule has 1 atom stereocenters. The maximum Gasteiger partial charge on any atom is 0.418 e. The van der Waals surface area contributed by atoms with Crippen molar-refractivity contribution in [2.45, 2.75) is 19.2 Å². The average Bonchev–Trinajstić information content (AvgIpc) is 2.26. The van der Waals surface area contributed by atoms with E-state index in [0.29, 0.717) is 0 Å². The van der Waals surface area contributed by atoms with Crippen LogP contribution in [0.2, 0.25) is 0 Å². The van der Waals surface area contributed by atoms with Crippen molar-refractivity contribution in [3.8, 4) is 0 Å². The lowest BCUT2D eigenvalue weighted by atomic mass is 10.1. The first-order chi connectivity index (χ1) is 5.82. The second kappa shape index (κ2) is 3.02. The minimum Gasteiger partial charge on any atom is -0.379 e. The molecule has 1 N–H and O–H groups in total. The van der Waals surface area contributed by atoms with Crippen LogP contribution in [0.3, 0.4) is 0 Å². The van der Waals surface area contributed by atoms with Gasteiger partial charge in [-0.2, -0.15) is 18.3 Å². The summed E-state index contributed by atoms with van der Waals surface area (Å²) in [5, 5.41) is 12.6. The van der Waals surface area contributed by atoms with E-state index in [1.165, 1.54) is 18.7 Å². The second-order valence-electron chi connectivity index (χ2n) is 2.79. The largest absolute Gasteiger partial charge is 0.418 e. The summed E-state index contributed by atoms with van der Waals surface area (Å²) in [6.07, 6.45) is -5.91. The van der Waals surface area contributed by atoms with Gasteiger partial charge < -0.3 is 5.11 Å². The number of aliphatic hydroxyl groups excluding tert-OH is 1. The Morgan fingerprint density at radius 1 is 1.54 bits per heavy atom. The molecule has 0 saturated carbocycles. The summed E-state index contributed by atoms with van der Waals surface area (Å²) in [6.45, 7) is 1.42. The van der Waals surface area contributed by atoms with E-state index in [1.54, 1.807) is 0 Å². The highest BCUT2D eigenvalue weighted by atomic mass is 19.4. The van der Waals surface area contributed by atoms with E-state index in [4.69, 9.17) is 5.11 Å². The Labute approximate surface area is 72.8 Å². The monoisotopic (exact) mass is 194 g/mol. The topological polar surface area (TPSA) is 38.0 Å². The molecule has 74 valence electrons. The van der Waals surface area contributed by atoms with Gasteiger partial charge in [0.2, 0.25) is 0 Å². The standard InChI is InChI=1S/C7H9F3N2O/c1-4-5(3-12(2)11-4)6(13)7(8,9)10/h3,6,13H,1-2H3/t6-/m0/s1. The van der Waals surface area contributed by atoms with Crippen LogP contribution in [-0.2, 0) is 7.05 Å². The molecule has 0 fully saturated rings. The zero-order valence-corrected chi connectivity index (χ0v) is 7.13. The zero-order chi connectivity index (χ0) is 10.2. The Bertz CT molecular complexity index is 305. The smallest absolute Gasteiger partial charge is 0.379 e. The van der Waals surface area contributed by atoms with Gasteiger partial charge in [0, 0.05) is 18.8 Å². The molecule has 0 aliphatic rings. The van der Waals surface area contributed by atoms with Crippen LogP contribution in [0.15, 0.2) is 6.20 Å². The molecule has 1 aromatic heterocycles. The van der Waals surface area contributed by atoms with Gasteiger partial charge in [-0.15, -0.1) is 0 Å². The summed E-state index contributed by atoms with van der Waals surface area (Å²) in [7, 11) is 1.50. The molecule has 1 aromatic rings. The third kappa shape index (κ3) is 2.00. The molecule has 0 aromatic carbocycles. The van der Waals surface area contributed by atoms with Gasteiger partial charge in [0.1, 0.15) is 0 Å². The van der Waals surface area contributed by atoms with Crippen LogP contribution in [0.1, 0.15) is 17.4 Å². The van der Waals surface area contributed by atoms with Crippen molar-refractivity contribution in [3.05, 3.63) is 17.5 Å². The first-order valence-corrected chi connectivity index (χ1v) is 3.57. The van der Waals surface area contributed by atoms with Crippen molar-refractivity contribution in [1.29, 1.82) is 0 Å². The summed E-state index contributed by atoms with van der Waals surface area (Å²) in [5.41, 5.74) is -0.0117. The summed E-state index contributed by atoms with van der Waals surface area (Å²) >= 11 is 0. The van der Waals surface area contributed by atoms with Gasteiger partial charge in [-0.25, -0.2) is 0 Å². The Kier molecular flexibility index (Phi) is 2.34. The first kappa shape index (κ1) is 10.0. The molecule has 0 aliphatic carbocycles. The maximum atomic E-state index is 12.0. The van der Waals surface area contributed by atoms with Crippen LogP contribution in [0.25, 0.3) is 0 Å². The Morgan fingerprint density at radius 3 is 2.38 bits per heavy atom. The van der Waals surface area contributed by atoms with Crippen molar-refractivity contribution in [2.24, 2.45) is 7.05 Å². The van der Waals surface area contributed by atoms with Crippen LogP contribution in [0, 0.1) is 6.92 Å². The van der Waals surface area contributed by atoms with Crippen molar-refractivity contribution >= 4 is 0 Å². The van der Waals surface area contributed by atoms with E-state index in [-0.39, 0.29) is 11.3 Å². The van der Waals surface area contributed by atoms with E-state index >= 15 is 0 Å². The van der Waals surface area contributed by atoms with Crippen molar-refractivity contribution < 1.29 is 18.3 Å². The molecule has 0 bridgehead atoms. The Balaban J connectivity index is 3.01. The highest BCUT2D eigenvalue weighted by Gasteiger charge is 2.40. The fourth-order valence-electron chi connectivity index (χ4n) is 1.06. The molecule has 1 rings (SSSR count). The highest BCUT2D eigenvalue weighted by molar-refractivity contribution is 5.19. The normalized spacial score (nSPS) is 14.6. The van der Waals surface area contributed by atoms with Gasteiger partial charge in [0.15, 0.2) is 6.10 Å². The molecule has 6 heteroatoms. The molecular formula is C7H9F3N2O. The number of rotatable bonds is 1. The lowest BCUT2D eigenvalue weighted by Crippen LogP contribution is -2.20. The molecule has 0 amide bonds. The molecule has 0 spiro atoms. The van der Waals surface area contributed by atoms with Gasteiger partial charge in [-0.05, 0) is 6.92 Å². The summed E-state index contributed by atoms with van der Waals surface area (Å²) < 4.78 is 37.3. The summed E-state index contributed by atoms with van der Waals surface area (Å²) in [6, 6.07) is 0. The number of hydrogen-bond acceptors (Lipinski definition) is 2. The summed E-state index contributed by atoms with van der Waals surface area (Å²) in [4.78, 5) is 0. The van der Waals surface area contributed by atoms with Crippen molar-refractivity contribution in [3.63, 3.8) is 0 Å². The molecule has 0 radical (unpaired) electrons. The molecule has 0 aliphatic heterocycles. The predicted molar refractivity (Wildman–Crippen MR) is 39.0 cm³/mol. The molecule has 13 heavy (non-hydrogen) atoms. The van der Waals surface area contributed by atoms with E-state index in [9.17, 15) is 13.2 Å². The van der Waals surface area contributed by atoms with Crippen LogP contribution >= 0.6 is 0 Å². The number of halogens is 3. The number of aromatic nitrogens is 2. The molecule has 0 saturated heterocycles. The van der Waals surface area contributed by atoms with Gasteiger partial charge in [0.25, 0.3) is 0 Å². The molecular weight excluding hydrogens is 185 g/mol. The minimum absolute atomic E-state index is 0.187. The fourth-order valence-corrected chi connectivity index (χ4v) is 1.06. The minimum atomic E-state index is -4.63. The Hall–Kier alpha value is -1.04. The second-order valence-corrected chi connectivity index (χ2v) is 2.79. The van der Waals surface area contributed by atoms with E-state index < -0.39 is 12.3 Å². The van der Waals surface area contributed by atoms with Gasteiger partial charge in [-0.3, -0.25) is 4.68 Å². The lowest BCUT2D eigenvalue weighted by Gasteiger charge is -2.12. The molecule has 1 heterocycles. The first-order valence-electron chi connectivity index (χ1n) is 3.57. The van der Waals surface area contributed by atoms with Crippen LogP contribution < -0.4 is 0 Å². The highest BCUT2D eigenvalue weighted by Crippen LogP contribution is 2.33. The third-order valence-corrected chi connectivity index (χ3v) is 1.66. The maximum absolute atomic E-state index is 12.0. The summed E-state index contributed by atoms with van der Waals surface area (Å²) in [5.74, 6) is 0. The van der Waals surface area contributed by atoms with Crippen molar-refractivity contribution in [2.75, 3.05) is 0 Å². The van der Waals surface area contributed by atoms with E-state index in [0.717, 1.165) is 6.20 Å². The van der Waals surface area contributed by atoms with Gasteiger partial charge in [-0.1, -0.05) is 0 Å². The quantitative estimate of drug-likeness (QED) is 0.732. The average molecular weight is 194 g/mol. The van der Waals surface area contributed by atoms with Crippen LogP contribution in [0.4, 0.5) is 13.2 Å². The van der Waals surface area contributed by atoms with Gasteiger partial charge >= 0.3 is 6.18 Å². The number of nitrogens with zero attached hydrogens (tertiary/aromatic N) is 2.